The fourth-order valence-electron chi connectivity index (χ4n) is 4.25. The van der Waals surface area contributed by atoms with Crippen LogP contribution >= 0.6 is 11.6 Å². The fraction of sp³-hybridized carbons (Fsp3) is 0.520. The summed E-state index contributed by atoms with van der Waals surface area (Å²) < 4.78 is 39.0. The van der Waals surface area contributed by atoms with E-state index in [0.29, 0.717) is 59.6 Å². The Bertz CT molecular complexity index is 1270. The van der Waals surface area contributed by atoms with Crippen LogP contribution in [0.1, 0.15) is 49.6 Å². The number of halogens is 1. The molecule has 0 atom stereocenters. The third kappa shape index (κ3) is 6.42. The van der Waals surface area contributed by atoms with Crippen molar-refractivity contribution < 1.29 is 26.6 Å². The largest absolute Gasteiger partial charge is 0.474 e. The lowest BCUT2D eigenvalue weighted by Crippen LogP contribution is -2.38. The van der Waals surface area contributed by atoms with Gasteiger partial charge in [0.25, 0.3) is 0 Å². The highest BCUT2D eigenvalue weighted by molar-refractivity contribution is 7.75. The van der Waals surface area contributed by atoms with E-state index in [1.165, 1.54) is 6.33 Å². The van der Waals surface area contributed by atoms with Crippen molar-refractivity contribution in [3.8, 4) is 17.5 Å². The molecule has 204 valence electrons. The van der Waals surface area contributed by atoms with Crippen molar-refractivity contribution in [2.45, 2.75) is 52.1 Å². The summed E-state index contributed by atoms with van der Waals surface area (Å²) >= 11 is 4.87. The van der Waals surface area contributed by atoms with Gasteiger partial charge in [-0.25, -0.2) is 9.97 Å². The number of ether oxygens (including phenoxy) is 2. The molecular formula is C25H30ClN5O6S. The van der Waals surface area contributed by atoms with Gasteiger partial charge in [-0.05, 0) is 31.0 Å². The SMILES string of the molecule is Cc1c(Oc2ccc(CC3COS(=O)OC3)cc2Cl)ncnc1OC1CCN(c2nc(C(C)C)no2)CC1. The summed E-state index contributed by atoms with van der Waals surface area (Å²) in [4.78, 5) is 15.2. The fourth-order valence-corrected chi connectivity index (χ4v) is 5.16. The van der Waals surface area contributed by atoms with Gasteiger partial charge >= 0.3 is 17.4 Å². The second kappa shape index (κ2) is 11.9. The maximum atomic E-state index is 11.2. The van der Waals surface area contributed by atoms with Gasteiger partial charge in [0, 0.05) is 37.8 Å². The molecule has 0 saturated carbocycles. The highest BCUT2D eigenvalue weighted by Crippen LogP contribution is 2.34. The Kier molecular flexibility index (Phi) is 8.42. The molecule has 2 aliphatic heterocycles. The molecule has 0 N–H and O–H groups in total. The van der Waals surface area contributed by atoms with Crippen LogP contribution in [0, 0.1) is 12.8 Å². The van der Waals surface area contributed by atoms with Crippen molar-refractivity contribution in [2.24, 2.45) is 5.92 Å². The standard InChI is InChI=1S/C25H30ClN5O6S/c1-15(2)22-29-25(37-30-22)31-8-6-19(7-9-31)35-23-16(3)24(28-14-27-23)36-21-5-4-17(11-20(21)26)10-18-12-33-38(32)34-13-18/h4-5,11,14-15,18-19H,6-10,12-13H2,1-3H3. The smallest absolute Gasteiger partial charge is 0.324 e. The molecule has 11 nitrogen and oxygen atoms in total. The minimum atomic E-state index is -1.65. The Morgan fingerprint density at radius 3 is 2.58 bits per heavy atom. The zero-order valence-electron chi connectivity index (χ0n) is 21.5. The molecular weight excluding hydrogens is 534 g/mol. The number of hydrogen-bond acceptors (Lipinski definition) is 11. The molecule has 2 saturated heterocycles. The Morgan fingerprint density at radius 2 is 1.89 bits per heavy atom. The molecule has 0 spiro atoms. The van der Waals surface area contributed by atoms with Crippen LogP contribution in [0.4, 0.5) is 6.01 Å². The van der Waals surface area contributed by atoms with Crippen molar-refractivity contribution in [3.05, 3.63) is 46.5 Å². The molecule has 5 rings (SSSR count). The van der Waals surface area contributed by atoms with Crippen LogP contribution in [0.25, 0.3) is 0 Å². The predicted octanol–water partition coefficient (Wildman–Crippen LogP) is 4.57. The molecule has 2 fully saturated rings. The van der Waals surface area contributed by atoms with Crippen LogP contribution in [0.15, 0.2) is 29.0 Å². The van der Waals surface area contributed by atoms with Crippen molar-refractivity contribution in [1.29, 1.82) is 0 Å². The molecule has 0 radical (unpaired) electrons. The molecule has 3 aromatic rings. The number of nitrogens with zero attached hydrogens (tertiary/aromatic N) is 5. The van der Waals surface area contributed by atoms with E-state index in [2.05, 4.69) is 25.0 Å². The summed E-state index contributed by atoms with van der Waals surface area (Å²) in [5, 5.41) is 4.51. The number of anilines is 1. The van der Waals surface area contributed by atoms with Crippen molar-refractivity contribution in [1.82, 2.24) is 20.1 Å². The number of rotatable bonds is 8. The van der Waals surface area contributed by atoms with E-state index in [1.807, 2.05) is 32.9 Å². The van der Waals surface area contributed by atoms with Gasteiger partial charge in [-0.1, -0.05) is 36.7 Å². The molecule has 1 aromatic carbocycles. The van der Waals surface area contributed by atoms with Crippen molar-refractivity contribution in [2.75, 3.05) is 31.2 Å². The monoisotopic (exact) mass is 563 g/mol. The van der Waals surface area contributed by atoms with E-state index in [0.717, 1.165) is 31.5 Å². The van der Waals surface area contributed by atoms with Crippen LogP contribution in [-0.2, 0) is 26.1 Å². The Hall–Kier alpha value is -2.80. The van der Waals surface area contributed by atoms with Gasteiger partial charge in [-0.15, -0.1) is 0 Å². The Labute approximate surface area is 228 Å². The summed E-state index contributed by atoms with van der Waals surface area (Å²) in [7, 11) is 0. The topological polar surface area (TPSA) is 122 Å². The highest BCUT2D eigenvalue weighted by atomic mass is 35.5. The highest BCUT2D eigenvalue weighted by Gasteiger charge is 2.26. The number of piperidine rings is 1. The van der Waals surface area contributed by atoms with Gasteiger partial charge in [0.1, 0.15) is 18.2 Å². The molecule has 0 amide bonds. The third-order valence-corrected chi connectivity index (χ3v) is 7.41. The van der Waals surface area contributed by atoms with E-state index in [9.17, 15) is 4.21 Å². The molecule has 38 heavy (non-hydrogen) atoms. The first-order valence-corrected chi connectivity index (χ1v) is 13.9. The minimum Gasteiger partial charge on any atom is -0.474 e. The zero-order valence-corrected chi connectivity index (χ0v) is 23.0. The second-order valence-corrected chi connectivity index (χ2v) is 11.0. The molecule has 0 unspecified atom stereocenters. The van der Waals surface area contributed by atoms with Gasteiger partial charge < -0.3 is 18.9 Å². The molecule has 0 aliphatic carbocycles. The molecule has 2 aliphatic rings. The Balaban J connectivity index is 1.18. The van der Waals surface area contributed by atoms with E-state index in [1.54, 1.807) is 6.07 Å². The summed E-state index contributed by atoms with van der Waals surface area (Å²) in [5.74, 6) is 2.38. The van der Waals surface area contributed by atoms with Gasteiger partial charge in [0.05, 0.1) is 23.8 Å². The van der Waals surface area contributed by atoms with Gasteiger partial charge in [-0.3, -0.25) is 8.37 Å². The van der Waals surface area contributed by atoms with Crippen LogP contribution in [0.5, 0.6) is 17.5 Å². The average molecular weight is 564 g/mol. The summed E-state index contributed by atoms with van der Waals surface area (Å²) in [6, 6.07) is 6.14. The van der Waals surface area contributed by atoms with E-state index in [4.69, 9.17) is 34.0 Å². The van der Waals surface area contributed by atoms with E-state index in [-0.39, 0.29) is 17.9 Å². The first-order chi connectivity index (χ1) is 18.4. The first kappa shape index (κ1) is 26.8. The lowest BCUT2D eigenvalue weighted by molar-refractivity contribution is 0.124. The Morgan fingerprint density at radius 1 is 1.16 bits per heavy atom. The summed E-state index contributed by atoms with van der Waals surface area (Å²) in [6.07, 6.45) is 3.69. The van der Waals surface area contributed by atoms with Crippen molar-refractivity contribution in [3.63, 3.8) is 0 Å². The van der Waals surface area contributed by atoms with E-state index < -0.39 is 11.4 Å². The van der Waals surface area contributed by atoms with E-state index >= 15 is 0 Å². The van der Waals surface area contributed by atoms with Crippen molar-refractivity contribution >= 4 is 29.0 Å². The number of hydrogen-bond donors (Lipinski definition) is 0. The van der Waals surface area contributed by atoms with Crippen LogP contribution in [-0.4, -0.2) is 56.7 Å². The normalized spacial score (nSPS) is 20.6. The summed E-state index contributed by atoms with van der Waals surface area (Å²) in [6.45, 7) is 8.18. The van der Waals surface area contributed by atoms with Gasteiger partial charge in [0.15, 0.2) is 5.82 Å². The second-order valence-electron chi connectivity index (χ2n) is 9.71. The summed E-state index contributed by atoms with van der Waals surface area (Å²) in [5.41, 5.74) is 1.70. The first-order valence-electron chi connectivity index (χ1n) is 12.6. The van der Waals surface area contributed by atoms with Crippen LogP contribution in [0.2, 0.25) is 5.02 Å². The zero-order chi connectivity index (χ0) is 26.6. The minimum absolute atomic E-state index is 0.00626. The quantitative estimate of drug-likeness (QED) is 0.383. The third-order valence-electron chi connectivity index (χ3n) is 6.46. The lowest BCUT2D eigenvalue weighted by Gasteiger charge is -2.30. The predicted molar refractivity (Wildman–Crippen MR) is 140 cm³/mol. The molecule has 2 aromatic heterocycles. The van der Waals surface area contributed by atoms with Crippen LogP contribution < -0.4 is 14.4 Å². The maximum Gasteiger partial charge on any atom is 0.324 e. The molecule has 0 bridgehead atoms. The maximum absolute atomic E-state index is 11.2. The van der Waals surface area contributed by atoms with Gasteiger partial charge in [-0.2, -0.15) is 9.19 Å². The van der Waals surface area contributed by atoms with Crippen LogP contribution in [0.3, 0.4) is 0 Å². The van der Waals surface area contributed by atoms with Gasteiger partial charge in [0.2, 0.25) is 11.8 Å². The number of benzene rings is 1. The average Bonchev–Trinajstić information content (AvgIpc) is 3.41. The number of aromatic nitrogens is 4. The molecule has 13 heteroatoms. The lowest BCUT2D eigenvalue weighted by atomic mass is 10.0. The molecule has 4 heterocycles.